The van der Waals surface area contributed by atoms with Crippen molar-refractivity contribution in [1.82, 2.24) is 4.90 Å². The van der Waals surface area contributed by atoms with Crippen molar-refractivity contribution in [3.8, 4) is 0 Å². The van der Waals surface area contributed by atoms with E-state index in [-0.39, 0.29) is 6.10 Å². The van der Waals surface area contributed by atoms with Crippen molar-refractivity contribution in [2.75, 3.05) is 46.5 Å². The third-order valence-electron chi connectivity index (χ3n) is 2.90. The summed E-state index contributed by atoms with van der Waals surface area (Å²) in [7, 11) is 1.77. The number of methoxy groups -OCH3 is 1. The summed E-state index contributed by atoms with van der Waals surface area (Å²) in [6.07, 6.45) is 1.42. The van der Waals surface area contributed by atoms with E-state index in [0.29, 0.717) is 12.5 Å². The lowest BCUT2D eigenvalue weighted by Crippen LogP contribution is -2.37. The number of rotatable bonds is 7. The average molecular weight is 216 g/mol. The first-order chi connectivity index (χ1) is 7.30. The Bertz CT molecular complexity index is 167. The van der Waals surface area contributed by atoms with Gasteiger partial charge in [0.25, 0.3) is 0 Å². The molecule has 1 fully saturated rings. The van der Waals surface area contributed by atoms with Gasteiger partial charge in [0, 0.05) is 33.4 Å². The maximum absolute atomic E-state index is 5.65. The number of ether oxygens (including phenoxy) is 2. The molecule has 0 amide bonds. The van der Waals surface area contributed by atoms with Crippen LogP contribution in [0.3, 0.4) is 0 Å². The van der Waals surface area contributed by atoms with Gasteiger partial charge in [-0.25, -0.2) is 0 Å². The van der Waals surface area contributed by atoms with Crippen LogP contribution in [0, 0.1) is 5.92 Å². The van der Waals surface area contributed by atoms with E-state index in [9.17, 15) is 0 Å². The molecular formula is C11H24N2O2. The van der Waals surface area contributed by atoms with Crippen LogP contribution in [0.4, 0.5) is 0 Å². The maximum Gasteiger partial charge on any atom is 0.0823 e. The van der Waals surface area contributed by atoms with Crippen LogP contribution in [0.15, 0.2) is 0 Å². The minimum absolute atomic E-state index is 0.191. The molecule has 0 saturated carbocycles. The van der Waals surface area contributed by atoms with Crippen molar-refractivity contribution in [3.63, 3.8) is 0 Å². The van der Waals surface area contributed by atoms with Crippen molar-refractivity contribution in [2.24, 2.45) is 11.7 Å². The summed E-state index contributed by atoms with van der Waals surface area (Å²) in [6, 6.07) is 0. The minimum Gasteiger partial charge on any atom is -0.384 e. The summed E-state index contributed by atoms with van der Waals surface area (Å²) in [6.45, 7) is 7.48. The SMILES string of the molecule is CCOC(CN)CN1CCC(COC)C1. The van der Waals surface area contributed by atoms with Crippen molar-refractivity contribution in [3.05, 3.63) is 0 Å². The summed E-state index contributed by atoms with van der Waals surface area (Å²) in [4.78, 5) is 2.43. The lowest BCUT2D eigenvalue weighted by Gasteiger charge is -2.22. The van der Waals surface area contributed by atoms with Crippen LogP contribution in [0.1, 0.15) is 13.3 Å². The second-order valence-corrected chi connectivity index (χ2v) is 4.18. The molecule has 1 rings (SSSR count). The fourth-order valence-corrected chi connectivity index (χ4v) is 2.17. The second kappa shape index (κ2) is 7.17. The zero-order valence-corrected chi connectivity index (χ0v) is 9.95. The lowest BCUT2D eigenvalue weighted by atomic mass is 10.1. The highest BCUT2D eigenvalue weighted by molar-refractivity contribution is 4.77. The van der Waals surface area contributed by atoms with Gasteiger partial charge in [0.2, 0.25) is 0 Å². The van der Waals surface area contributed by atoms with Crippen molar-refractivity contribution >= 4 is 0 Å². The van der Waals surface area contributed by atoms with E-state index < -0.39 is 0 Å². The number of nitrogens with zero attached hydrogens (tertiary/aromatic N) is 1. The van der Waals surface area contributed by atoms with Crippen molar-refractivity contribution < 1.29 is 9.47 Å². The van der Waals surface area contributed by atoms with E-state index in [1.54, 1.807) is 7.11 Å². The molecule has 1 heterocycles. The van der Waals surface area contributed by atoms with Crippen LogP contribution < -0.4 is 5.73 Å². The van der Waals surface area contributed by atoms with Gasteiger partial charge >= 0.3 is 0 Å². The largest absolute Gasteiger partial charge is 0.384 e. The molecule has 4 heteroatoms. The van der Waals surface area contributed by atoms with Gasteiger partial charge in [-0.1, -0.05) is 0 Å². The molecule has 2 atom stereocenters. The number of nitrogens with two attached hydrogens (primary N) is 1. The molecule has 0 aromatic rings. The Kier molecular flexibility index (Phi) is 6.17. The lowest BCUT2D eigenvalue weighted by molar-refractivity contribution is 0.0428. The van der Waals surface area contributed by atoms with E-state index in [2.05, 4.69) is 4.90 Å². The highest BCUT2D eigenvalue weighted by Gasteiger charge is 2.24. The molecule has 15 heavy (non-hydrogen) atoms. The first-order valence-electron chi connectivity index (χ1n) is 5.83. The second-order valence-electron chi connectivity index (χ2n) is 4.18. The van der Waals surface area contributed by atoms with Gasteiger partial charge in [0.05, 0.1) is 12.7 Å². The monoisotopic (exact) mass is 216 g/mol. The summed E-state index contributed by atoms with van der Waals surface area (Å²) in [5.74, 6) is 0.690. The molecule has 1 aliphatic heterocycles. The third kappa shape index (κ3) is 4.47. The zero-order valence-electron chi connectivity index (χ0n) is 9.95. The molecule has 90 valence electrons. The zero-order chi connectivity index (χ0) is 11.1. The smallest absolute Gasteiger partial charge is 0.0823 e. The predicted octanol–water partition coefficient (Wildman–Crippen LogP) is 0.319. The highest BCUT2D eigenvalue weighted by atomic mass is 16.5. The van der Waals surface area contributed by atoms with Gasteiger partial charge in [0.1, 0.15) is 0 Å². The molecule has 1 aliphatic rings. The van der Waals surface area contributed by atoms with E-state index in [1.807, 2.05) is 6.92 Å². The average Bonchev–Trinajstić information content (AvgIpc) is 2.66. The summed E-state index contributed by atoms with van der Waals surface area (Å²) < 4.78 is 10.7. The third-order valence-corrected chi connectivity index (χ3v) is 2.90. The summed E-state index contributed by atoms with van der Waals surface area (Å²) in [5.41, 5.74) is 5.65. The van der Waals surface area contributed by atoms with Crippen molar-refractivity contribution in [1.29, 1.82) is 0 Å². The van der Waals surface area contributed by atoms with Gasteiger partial charge < -0.3 is 20.1 Å². The summed E-state index contributed by atoms with van der Waals surface area (Å²) >= 11 is 0. The molecule has 0 bridgehead atoms. The van der Waals surface area contributed by atoms with E-state index in [4.69, 9.17) is 15.2 Å². The highest BCUT2D eigenvalue weighted by Crippen LogP contribution is 2.16. The number of hydrogen-bond acceptors (Lipinski definition) is 4. The van der Waals surface area contributed by atoms with Crippen molar-refractivity contribution in [2.45, 2.75) is 19.4 Å². The molecule has 2 N–H and O–H groups in total. The molecule has 2 unspecified atom stereocenters. The molecule has 0 aliphatic carbocycles. The van der Waals surface area contributed by atoms with Crippen LogP contribution in [0.5, 0.6) is 0 Å². The topological polar surface area (TPSA) is 47.7 Å². The number of hydrogen-bond donors (Lipinski definition) is 1. The van der Waals surface area contributed by atoms with Gasteiger partial charge in [-0.2, -0.15) is 0 Å². The quantitative estimate of drug-likeness (QED) is 0.666. The van der Waals surface area contributed by atoms with Gasteiger partial charge in [-0.05, 0) is 25.8 Å². The molecule has 4 nitrogen and oxygen atoms in total. The maximum atomic E-state index is 5.65. The predicted molar refractivity (Wildman–Crippen MR) is 60.9 cm³/mol. The Labute approximate surface area is 92.7 Å². The Morgan fingerprint density at radius 2 is 2.33 bits per heavy atom. The first kappa shape index (κ1) is 12.9. The van der Waals surface area contributed by atoms with Crippen LogP contribution >= 0.6 is 0 Å². The fraction of sp³-hybridized carbons (Fsp3) is 1.00. The molecule has 1 saturated heterocycles. The molecule has 0 radical (unpaired) electrons. The Balaban J connectivity index is 2.21. The van der Waals surface area contributed by atoms with Crippen LogP contribution in [0.2, 0.25) is 0 Å². The van der Waals surface area contributed by atoms with Gasteiger partial charge in [0.15, 0.2) is 0 Å². The Hall–Kier alpha value is -0.160. The van der Waals surface area contributed by atoms with E-state index in [1.165, 1.54) is 6.42 Å². The van der Waals surface area contributed by atoms with Crippen LogP contribution in [-0.2, 0) is 9.47 Å². The molecule has 0 aromatic carbocycles. The standard InChI is InChI=1S/C11H24N2O2/c1-3-15-11(6-12)8-13-5-4-10(7-13)9-14-2/h10-11H,3-9,12H2,1-2H3. The molecular weight excluding hydrogens is 192 g/mol. The normalized spacial score (nSPS) is 24.6. The van der Waals surface area contributed by atoms with Crippen LogP contribution in [-0.4, -0.2) is 57.5 Å². The minimum atomic E-state index is 0.191. The van der Waals surface area contributed by atoms with Gasteiger partial charge in [-0.3, -0.25) is 0 Å². The van der Waals surface area contributed by atoms with Gasteiger partial charge in [-0.15, -0.1) is 0 Å². The van der Waals surface area contributed by atoms with Crippen LogP contribution in [0.25, 0.3) is 0 Å². The Morgan fingerprint density at radius 3 is 2.93 bits per heavy atom. The number of likely N-dealkylation sites (tertiary alicyclic amines) is 1. The van der Waals surface area contributed by atoms with E-state index in [0.717, 1.165) is 32.8 Å². The fourth-order valence-electron chi connectivity index (χ4n) is 2.17. The van der Waals surface area contributed by atoms with E-state index >= 15 is 0 Å². The first-order valence-corrected chi connectivity index (χ1v) is 5.83. The summed E-state index contributed by atoms with van der Waals surface area (Å²) in [5, 5.41) is 0. The molecule has 0 spiro atoms. The molecule has 0 aromatic heterocycles. The Morgan fingerprint density at radius 1 is 1.53 bits per heavy atom.